The van der Waals surface area contributed by atoms with Crippen LogP contribution in [0.4, 0.5) is 0 Å². The normalized spacial score (nSPS) is 14.0. The van der Waals surface area contributed by atoms with Crippen molar-refractivity contribution >= 4 is 0 Å². The molecule has 0 amide bonds. The van der Waals surface area contributed by atoms with Crippen molar-refractivity contribution in [1.82, 2.24) is 0 Å². The highest BCUT2D eigenvalue weighted by Crippen LogP contribution is 2.35. The van der Waals surface area contributed by atoms with E-state index < -0.39 is 5.60 Å². The van der Waals surface area contributed by atoms with Gasteiger partial charge in [0.05, 0.1) is 7.11 Å². The lowest BCUT2D eigenvalue weighted by molar-refractivity contribution is 0.0989. The number of aryl methyl sites for hydroxylation is 1. The van der Waals surface area contributed by atoms with Crippen LogP contribution >= 0.6 is 0 Å². The van der Waals surface area contributed by atoms with E-state index in [0.717, 1.165) is 16.7 Å². The third-order valence-electron chi connectivity index (χ3n) is 3.21. The quantitative estimate of drug-likeness (QED) is 0.895. The van der Waals surface area contributed by atoms with Crippen molar-refractivity contribution in [3.63, 3.8) is 0 Å². The van der Waals surface area contributed by atoms with Crippen molar-refractivity contribution < 1.29 is 9.84 Å². The average Bonchev–Trinajstić information content (AvgIpc) is 2.38. The zero-order valence-corrected chi connectivity index (χ0v) is 11.0. The SMILES string of the molecule is COc1ccccc1C(C)(O)c1cccc(C)c1. The lowest BCUT2D eigenvalue weighted by Crippen LogP contribution is -2.23. The first-order chi connectivity index (χ1) is 8.55. The molecule has 0 aliphatic rings. The molecular weight excluding hydrogens is 224 g/mol. The molecule has 2 aromatic rings. The van der Waals surface area contributed by atoms with Gasteiger partial charge in [-0.2, -0.15) is 0 Å². The van der Waals surface area contributed by atoms with E-state index in [2.05, 4.69) is 0 Å². The Bertz CT molecular complexity index is 544. The van der Waals surface area contributed by atoms with Crippen LogP contribution in [0.3, 0.4) is 0 Å². The molecule has 18 heavy (non-hydrogen) atoms. The Morgan fingerprint density at radius 1 is 1.06 bits per heavy atom. The summed E-state index contributed by atoms with van der Waals surface area (Å²) in [6.45, 7) is 3.81. The molecule has 0 bridgehead atoms. The van der Waals surface area contributed by atoms with Gasteiger partial charge in [0.1, 0.15) is 11.4 Å². The summed E-state index contributed by atoms with van der Waals surface area (Å²) in [5, 5.41) is 10.8. The molecule has 94 valence electrons. The number of benzene rings is 2. The summed E-state index contributed by atoms with van der Waals surface area (Å²) in [5.74, 6) is 0.698. The molecule has 1 atom stereocenters. The molecule has 2 aromatic carbocycles. The van der Waals surface area contributed by atoms with Crippen molar-refractivity contribution in [1.29, 1.82) is 0 Å². The van der Waals surface area contributed by atoms with Crippen LogP contribution in [0, 0.1) is 6.92 Å². The molecule has 0 saturated heterocycles. The van der Waals surface area contributed by atoms with Crippen LogP contribution in [0.1, 0.15) is 23.6 Å². The van der Waals surface area contributed by atoms with Crippen molar-refractivity contribution in [3.8, 4) is 5.75 Å². The van der Waals surface area contributed by atoms with Crippen LogP contribution in [0.25, 0.3) is 0 Å². The molecule has 1 N–H and O–H groups in total. The molecule has 0 aliphatic heterocycles. The highest BCUT2D eigenvalue weighted by Gasteiger charge is 2.28. The summed E-state index contributed by atoms with van der Waals surface area (Å²) in [7, 11) is 1.62. The van der Waals surface area contributed by atoms with Gasteiger partial charge in [-0.15, -0.1) is 0 Å². The van der Waals surface area contributed by atoms with E-state index >= 15 is 0 Å². The zero-order chi connectivity index (χ0) is 13.2. The molecule has 0 aromatic heterocycles. The van der Waals surface area contributed by atoms with Crippen LogP contribution < -0.4 is 4.74 Å². The van der Waals surface area contributed by atoms with Crippen molar-refractivity contribution in [2.75, 3.05) is 7.11 Å². The van der Waals surface area contributed by atoms with Gasteiger partial charge in [-0.25, -0.2) is 0 Å². The Kier molecular flexibility index (Phi) is 3.39. The first-order valence-electron chi connectivity index (χ1n) is 5.98. The molecule has 1 unspecified atom stereocenters. The maximum Gasteiger partial charge on any atom is 0.125 e. The topological polar surface area (TPSA) is 29.5 Å². The maximum atomic E-state index is 10.8. The number of hydrogen-bond donors (Lipinski definition) is 1. The van der Waals surface area contributed by atoms with E-state index in [4.69, 9.17) is 4.74 Å². The Hall–Kier alpha value is -1.80. The van der Waals surface area contributed by atoms with E-state index in [1.165, 1.54) is 0 Å². The van der Waals surface area contributed by atoms with Gasteiger partial charge in [-0.3, -0.25) is 0 Å². The molecule has 0 spiro atoms. The number of methoxy groups -OCH3 is 1. The van der Waals surface area contributed by atoms with Crippen molar-refractivity contribution in [3.05, 3.63) is 65.2 Å². The largest absolute Gasteiger partial charge is 0.496 e. The van der Waals surface area contributed by atoms with Gasteiger partial charge in [0.25, 0.3) is 0 Å². The number of aliphatic hydroxyl groups is 1. The Morgan fingerprint density at radius 3 is 2.44 bits per heavy atom. The Balaban J connectivity index is 2.54. The third kappa shape index (κ3) is 2.24. The van der Waals surface area contributed by atoms with Crippen molar-refractivity contribution in [2.45, 2.75) is 19.4 Å². The summed E-state index contributed by atoms with van der Waals surface area (Å²) < 4.78 is 5.32. The van der Waals surface area contributed by atoms with Gasteiger partial charge in [-0.1, -0.05) is 48.0 Å². The lowest BCUT2D eigenvalue weighted by Gasteiger charge is -2.26. The molecule has 2 heteroatoms. The van der Waals surface area contributed by atoms with E-state index in [-0.39, 0.29) is 0 Å². The van der Waals surface area contributed by atoms with E-state index in [1.807, 2.05) is 55.5 Å². The minimum Gasteiger partial charge on any atom is -0.496 e. The first-order valence-corrected chi connectivity index (χ1v) is 5.98. The lowest BCUT2D eigenvalue weighted by atomic mass is 9.87. The predicted octanol–water partition coefficient (Wildman–Crippen LogP) is 3.26. The van der Waals surface area contributed by atoms with Crippen LogP contribution in [0.5, 0.6) is 5.75 Å². The number of rotatable bonds is 3. The third-order valence-corrected chi connectivity index (χ3v) is 3.21. The minimum absolute atomic E-state index is 0.698. The van der Waals surface area contributed by atoms with Crippen LogP contribution in [0.15, 0.2) is 48.5 Å². The fraction of sp³-hybridized carbons (Fsp3) is 0.250. The number of hydrogen-bond acceptors (Lipinski definition) is 2. The monoisotopic (exact) mass is 242 g/mol. The van der Waals surface area contributed by atoms with Gasteiger partial charge in [-0.05, 0) is 25.5 Å². The second kappa shape index (κ2) is 4.83. The van der Waals surface area contributed by atoms with Gasteiger partial charge < -0.3 is 9.84 Å². The van der Waals surface area contributed by atoms with E-state index in [1.54, 1.807) is 14.0 Å². The summed E-state index contributed by atoms with van der Waals surface area (Å²) >= 11 is 0. The molecule has 0 saturated carbocycles. The summed E-state index contributed by atoms with van der Waals surface area (Å²) in [6.07, 6.45) is 0. The predicted molar refractivity (Wildman–Crippen MR) is 72.8 cm³/mol. The molecular formula is C16H18O2. The highest BCUT2D eigenvalue weighted by atomic mass is 16.5. The van der Waals surface area contributed by atoms with Gasteiger partial charge >= 0.3 is 0 Å². The molecule has 0 heterocycles. The van der Waals surface area contributed by atoms with Crippen LogP contribution in [-0.2, 0) is 5.60 Å². The van der Waals surface area contributed by atoms with Crippen LogP contribution in [0.2, 0.25) is 0 Å². The maximum absolute atomic E-state index is 10.8. The Labute approximate surface area is 108 Å². The summed E-state index contributed by atoms with van der Waals surface area (Å²) in [5.41, 5.74) is 1.71. The standard InChI is InChI=1S/C16H18O2/c1-12-7-6-8-13(11-12)16(2,17)14-9-4-5-10-15(14)18-3/h4-11,17H,1-3H3. The molecule has 2 rings (SSSR count). The molecule has 0 radical (unpaired) electrons. The molecule has 0 fully saturated rings. The van der Waals surface area contributed by atoms with E-state index in [0.29, 0.717) is 5.75 Å². The molecule has 2 nitrogen and oxygen atoms in total. The van der Waals surface area contributed by atoms with Gasteiger partial charge in [0.2, 0.25) is 0 Å². The van der Waals surface area contributed by atoms with Gasteiger partial charge in [0, 0.05) is 5.56 Å². The zero-order valence-electron chi connectivity index (χ0n) is 11.0. The smallest absolute Gasteiger partial charge is 0.125 e. The second-order valence-electron chi connectivity index (χ2n) is 4.64. The minimum atomic E-state index is -1.06. The van der Waals surface area contributed by atoms with E-state index in [9.17, 15) is 5.11 Å². The summed E-state index contributed by atoms with van der Waals surface area (Å²) in [4.78, 5) is 0. The first kappa shape index (κ1) is 12.7. The Morgan fingerprint density at radius 2 is 1.78 bits per heavy atom. The van der Waals surface area contributed by atoms with Gasteiger partial charge in [0.15, 0.2) is 0 Å². The highest BCUT2D eigenvalue weighted by molar-refractivity contribution is 5.44. The fourth-order valence-corrected chi connectivity index (χ4v) is 2.15. The second-order valence-corrected chi connectivity index (χ2v) is 4.64. The summed E-state index contributed by atoms with van der Waals surface area (Å²) in [6, 6.07) is 15.4. The van der Waals surface area contributed by atoms with Crippen molar-refractivity contribution in [2.24, 2.45) is 0 Å². The van der Waals surface area contributed by atoms with Crippen LogP contribution in [-0.4, -0.2) is 12.2 Å². The average molecular weight is 242 g/mol. The number of para-hydroxylation sites is 1. The molecule has 0 aliphatic carbocycles. The number of ether oxygens (including phenoxy) is 1. The fourth-order valence-electron chi connectivity index (χ4n) is 2.15.